The van der Waals surface area contributed by atoms with Crippen LogP contribution in [0.5, 0.6) is 23.0 Å². The Bertz CT molecular complexity index is 1280. The molecule has 39 heavy (non-hydrogen) atoms. The fourth-order valence-corrected chi connectivity index (χ4v) is 4.85. The van der Waals surface area contributed by atoms with Gasteiger partial charge in [-0.2, -0.15) is 0 Å². The van der Waals surface area contributed by atoms with Crippen molar-refractivity contribution in [1.29, 1.82) is 0 Å². The number of anilines is 1. The molecule has 1 unspecified atom stereocenters. The van der Waals surface area contributed by atoms with Gasteiger partial charge in [0, 0.05) is 12.2 Å². The number of methoxy groups -OCH3 is 2. The lowest BCUT2D eigenvalue weighted by molar-refractivity contribution is -0.274. The van der Waals surface area contributed by atoms with Gasteiger partial charge >= 0.3 is 6.36 Å². The van der Waals surface area contributed by atoms with Crippen molar-refractivity contribution < 1.29 is 32.1 Å². The van der Waals surface area contributed by atoms with E-state index in [0.29, 0.717) is 47.8 Å². The van der Waals surface area contributed by atoms with Crippen LogP contribution < -0.4 is 24.3 Å². The van der Waals surface area contributed by atoms with Crippen LogP contribution in [0.25, 0.3) is 0 Å². The Morgan fingerprint density at radius 1 is 0.974 bits per heavy atom. The molecular formula is C29H31F3N2O4S. The highest BCUT2D eigenvalue weighted by Crippen LogP contribution is 2.39. The van der Waals surface area contributed by atoms with Crippen LogP contribution in [-0.2, 0) is 6.42 Å². The molecule has 1 heterocycles. The van der Waals surface area contributed by atoms with E-state index in [-0.39, 0.29) is 11.8 Å². The second-order valence-corrected chi connectivity index (χ2v) is 9.79. The van der Waals surface area contributed by atoms with Crippen LogP contribution in [-0.4, -0.2) is 43.7 Å². The summed E-state index contributed by atoms with van der Waals surface area (Å²) in [6.07, 6.45) is -4.05. The number of fused-ring (bicyclic) bond motifs is 1. The zero-order chi connectivity index (χ0) is 28.2. The number of benzene rings is 3. The molecule has 1 aliphatic rings. The third kappa shape index (κ3) is 7.06. The zero-order valence-corrected chi connectivity index (χ0v) is 23.0. The predicted molar refractivity (Wildman–Crippen MR) is 148 cm³/mol. The number of halogens is 3. The monoisotopic (exact) mass is 560 g/mol. The molecule has 208 valence electrons. The minimum absolute atomic E-state index is 0.258. The maximum atomic E-state index is 12.5. The zero-order valence-electron chi connectivity index (χ0n) is 22.2. The number of nitrogens with zero attached hydrogens (tertiary/aromatic N) is 1. The van der Waals surface area contributed by atoms with E-state index in [1.54, 1.807) is 14.2 Å². The number of rotatable bonds is 8. The normalized spacial score (nSPS) is 15.0. The van der Waals surface area contributed by atoms with E-state index in [1.807, 2.05) is 29.2 Å². The summed E-state index contributed by atoms with van der Waals surface area (Å²) in [4.78, 5) is 2.02. The van der Waals surface area contributed by atoms with Gasteiger partial charge in [-0.1, -0.05) is 26.0 Å². The minimum Gasteiger partial charge on any atom is -0.493 e. The fraction of sp³-hybridized carbons (Fsp3) is 0.345. The summed E-state index contributed by atoms with van der Waals surface area (Å²) < 4.78 is 58.8. The van der Waals surface area contributed by atoms with Crippen molar-refractivity contribution in [2.75, 3.05) is 32.7 Å². The lowest BCUT2D eigenvalue weighted by atomic mass is 9.92. The molecule has 0 amide bonds. The molecule has 4 rings (SSSR count). The molecule has 1 N–H and O–H groups in total. The third-order valence-electron chi connectivity index (χ3n) is 6.56. The average Bonchev–Trinajstić information content (AvgIpc) is 2.91. The van der Waals surface area contributed by atoms with Crippen molar-refractivity contribution in [2.45, 2.75) is 38.6 Å². The Morgan fingerprint density at radius 2 is 1.59 bits per heavy atom. The molecule has 10 heteroatoms. The molecule has 0 aromatic heterocycles. The van der Waals surface area contributed by atoms with Crippen LogP contribution in [0, 0.1) is 0 Å². The quantitative estimate of drug-likeness (QED) is 0.295. The summed E-state index contributed by atoms with van der Waals surface area (Å²) >= 11 is 5.76. The summed E-state index contributed by atoms with van der Waals surface area (Å²) in [6, 6.07) is 17.1. The van der Waals surface area contributed by atoms with Gasteiger partial charge in [0.05, 0.1) is 20.3 Å². The molecule has 3 aromatic rings. The second-order valence-electron chi connectivity index (χ2n) is 9.40. The van der Waals surface area contributed by atoms with Gasteiger partial charge in [-0.3, -0.25) is 0 Å². The minimum atomic E-state index is -4.75. The van der Waals surface area contributed by atoms with E-state index in [9.17, 15) is 13.2 Å². The molecular weight excluding hydrogens is 529 g/mol. The van der Waals surface area contributed by atoms with Crippen molar-refractivity contribution >= 4 is 23.0 Å². The van der Waals surface area contributed by atoms with Crippen molar-refractivity contribution in [3.63, 3.8) is 0 Å². The van der Waals surface area contributed by atoms with Crippen molar-refractivity contribution in [3.8, 4) is 23.0 Å². The number of hydrogen-bond donors (Lipinski definition) is 1. The van der Waals surface area contributed by atoms with Gasteiger partial charge in [0.1, 0.15) is 18.1 Å². The first-order valence-electron chi connectivity index (χ1n) is 12.5. The number of thiocarbonyl (C=S) groups is 1. The number of hydrogen-bond acceptors (Lipinski definition) is 5. The Morgan fingerprint density at radius 3 is 2.18 bits per heavy atom. The molecule has 0 saturated carbocycles. The van der Waals surface area contributed by atoms with E-state index in [1.165, 1.54) is 29.8 Å². The van der Waals surface area contributed by atoms with E-state index in [0.717, 1.165) is 16.9 Å². The van der Waals surface area contributed by atoms with Crippen molar-refractivity contribution in [1.82, 2.24) is 4.90 Å². The standard InChI is InChI=1S/C29H31F3N2O4S/c1-18(2)19-5-9-22(10-6-19)37-17-25-24-16-27(36-4)26(35-3)15-20(24)13-14-34(25)28(39)33-21-7-11-23(12-8-21)38-29(30,31)32/h5-12,15-16,18,25H,13-14,17H2,1-4H3,(H,33,39). The fourth-order valence-electron chi connectivity index (χ4n) is 4.51. The molecule has 0 radical (unpaired) electrons. The SMILES string of the molecule is COc1cc2c(cc1OC)C(COc1ccc(C(C)C)cc1)N(C(=S)Nc1ccc(OC(F)(F)F)cc1)CC2. The first-order valence-corrected chi connectivity index (χ1v) is 12.9. The van der Waals surface area contributed by atoms with Gasteiger partial charge < -0.3 is 29.2 Å². The first kappa shape index (κ1) is 28.4. The summed E-state index contributed by atoms with van der Waals surface area (Å²) in [5.74, 6) is 2.10. The van der Waals surface area contributed by atoms with Gasteiger partial charge in [0.25, 0.3) is 0 Å². The van der Waals surface area contributed by atoms with Crippen LogP contribution in [0.15, 0.2) is 60.7 Å². The molecule has 6 nitrogen and oxygen atoms in total. The van der Waals surface area contributed by atoms with Gasteiger partial charge in [-0.05, 0) is 89.8 Å². The van der Waals surface area contributed by atoms with Crippen LogP contribution in [0.3, 0.4) is 0 Å². The highest BCUT2D eigenvalue weighted by Gasteiger charge is 2.32. The molecule has 1 atom stereocenters. The summed E-state index contributed by atoms with van der Waals surface area (Å²) in [7, 11) is 3.19. The van der Waals surface area contributed by atoms with E-state index < -0.39 is 6.36 Å². The Labute approximate surface area is 231 Å². The molecule has 0 spiro atoms. The van der Waals surface area contributed by atoms with Gasteiger partial charge in [-0.25, -0.2) is 0 Å². The Hall–Kier alpha value is -3.66. The van der Waals surface area contributed by atoms with E-state index >= 15 is 0 Å². The maximum Gasteiger partial charge on any atom is 0.573 e. The van der Waals surface area contributed by atoms with Crippen molar-refractivity contribution in [3.05, 3.63) is 77.4 Å². The first-order chi connectivity index (χ1) is 18.6. The van der Waals surface area contributed by atoms with Crippen molar-refractivity contribution in [2.24, 2.45) is 0 Å². The Balaban J connectivity index is 1.57. The lowest BCUT2D eigenvalue weighted by Gasteiger charge is -2.39. The van der Waals surface area contributed by atoms with Crippen LogP contribution >= 0.6 is 12.2 Å². The molecule has 3 aromatic carbocycles. The van der Waals surface area contributed by atoms with Crippen LogP contribution in [0.4, 0.5) is 18.9 Å². The van der Waals surface area contributed by atoms with E-state index in [4.69, 9.17) is 26.4 Å². The second kappa shape index (κ2) is 12.0. The van der Waals surface area contributed by atoms with E-state index in [2.05, 4.69) is 36.0 Å². The van der Waals surface area contributed by atoms with Gasteiger partial charge in [-0.15, -0.1) is 13.2 Å². The predicted octanol–water partition coefficient (Wildman–Crippen LogP) is 7.10. The molecule has 1 aliphatic heterocycles. The molecule has 0 saturated heterocycles. The van der Waals surface area contributed by atoms with Crippen LogP contribution in [0.2, 0.25) is 0 Å². The number of alkyl halides is 3. The van der Waals surface area contributed by atoms with Crippen LogP contribution in [0.1, 0.15) is 42.5 Å². The summed E-state index contributed by atoms with van der Waals surface area (Å²) in [5, 5.41) is 3.56. The average molecular weight is 561 g/mol. The van der Waals surface area contributed by atoms with Gasteiger partial charge in [0.2, 0.25) is 0 Å². The maximum absolute atomic E-state index is 12.5. The summed E-state index contributed by atoms with van der Waals surface area (Å²) in [6.45, 7) is 5.19. The summed E-state index contributed by atoms with van der Waals surface area (Å²) in [5.41, 5.74) is 3.86. The lowest BCUT2D eigenvalue weighted by Crippen LogP contribution is -2.44. The highest BCUT2D eigenvalue weighted by molar-refractivity contribution is 7.80. The molecule has 0 aliphatic carbocycles. The van der Waals surface area contributed by atoms with Gasteiger partial charge in [0.15, 0.2) is 16.6 Å². The number of ether oxygens (including phenoxy) is 4. The molecule has 0 fully saturated rings. The Kier molecular flexibility index (Phi) is 8.74. The topological polar surface area (TPSA) is 52.2 Å². The third-order valence-corrected chi connectivity index (χ3v) is 6.89. The molecule has 0 bridgehead atoms. The smallest absolute Gasteiger partial charge is 0.493 e. The number of nitrogens with one attached hydrogen (secondary N) is 1. The largest absolute Gasteiger partial charge is 0.573 e. The highest BCUT2D eigenvalue weighted by atomic mass is 32.1.